The van der Waals surface area contributed by atoms with Crippen molar-refractivity contribution in [3.05, 3.63) is 149 Å². The summed E-state index contributed by atoms with van der Waals surface area (Å²) in [7, 11) is 0. The van der Waals surface area contributed by atoms with Crippen molar-refractivity contribution in [2.45, 2.75) is 52.4 Å². The maximum Gasteiger partial charge on any atom is 0.137 e. The maximum atomic E-state index is 6.47. The van der Waals surface area contributed by atoms with Crippen molar-refractivity contribution in [2.24, 2.45) is 0 Å². The van der Waals surface area contributed by atoms with Gasteiger partial charge in [-0.05, 0) is 112 Å². The van der Waals surface area contributed by atoms with Crippen LogP contribution in [0.2, 0.25) is 0 Å². The van der Waals surface area contributed by atoms with Crippen molar-refractivity contribution in [1.82, 2.24) is 0 Å². The van der Waals surface area contributed by atoms with Crippen LogP contribution in [0.5, 0.6) is 0 Å². The fraction of sp³-hybridized carbons (Fsp3) is 0.182. The number of anilines is 3. The van der Waals surface area contributed by atoms with Crippen LogP contribution < -0.4 is 4.90 Å². The van der Waals surface area contributed by atoms with Gasteiger partial charge in [0, 0.05) is 27.6 Å². The first kappa shape index (κ1) is 27.2. The Morgan fingerprint density at radius 3 is 2.00 bits per heavy atom. The molecule has 0 fully saturated rings. The van der Waals surface area contributed by atoms with Crippen molar-refractivity contribution in [1.29, 1.82) is 0 Å². The van der Waals surface area contributed by atoms with Gasteiger partial charge in [-0.1, -0.05) is 100.0 Å². The number of rotatable bonds is 3. The van der Waals surface area contributed by atoms with Gasteiger partial charge in [0.2, 0.25) is 0 Å². The third kappa shape index (κ3) is 3.59. The molecular formula is C44H37NO. The predicted octanol–water partition coefficient (Wildman–Crippen LogP) is 12.3. The first-order valence-electron chi connectivity index (χ1n) is 16.4. The molecule has 1 heterocycles. The summed E-state index contributed by atoms with van der Waals surface area (Å²) in [5.41, 5.74) is 18.5. The van der Waals surface area contributed by atoms with Crippen LogP contribution in [-0.4, -0.2) is 0 Å². The van der Waals surface area contributed by atoms with Crippen LogP contribution in [0.15, 0.2) is 120 Å². The average Bonchev–Trinajstić information content (AvgIpc) is 3.61. The summed E-state index contributed by atoms with van der Waals surface area (Å²) in [5.74, 6) is 0. The standard InChI is InChI=1S/C44H37NO/c1-26-18-21-39-33(22-26)42-38(16-11-17-40(42)46-39)45(28-19-20-31-30-12-7-9-14-34(30)43(3,4)36(31)24-28)29-23-27(2)41-32-13-8-10-15-35(32)44(5,6)37(41)25-29/h7-25H,1-6H3. The number of hydrogen-bond donors (Lipinski definition) is 0. The summed E-state index contributed by atoms with van der Waals surface area (Å²) in [6.07, 6.45) is 0. The van der Waals surface area contributed by atoms with E-state index in [0.717, 1.165) is 33.3 Å². The molecule has 0 radical (unpaired) electrons. The number of aryl methyl sites for hydroxylation is 2. The second kappa shape index (κ2) is 9.23. The second-order valence-electron chi connectivity index (χ2n) is 14.3. The van der Waals surface area contributed by atoms with Gasteiger partial charge >= 0.3 is 0 Å². The Morgan fingerprint density at radius 2 is 1.20 bits per heavy atom. The fourth-order valence-electron chi connectivity index (χ4n) is 8.51. The number of furan rings is 1. The molecule has 2 heteroatoms. The predicted molar refractivity (Wildman–Crippen MR) is 193 cm³/mol. The van der Waals surface area contributed by atoms with E-state index in [1.807, 2.05) is 0 Å². The quantitative estimate of drug-likeness (QED) is 0.202. The summed E-state index contributed by atoms with van der Waals surface area (Å²) in [6, 6.07) is 42.7. The molecule has 224 valence electrons. The van der Waals surface area contributed by atoms with Gasteiger partial charge in [0.1, 0.15) is 11.2 Å². The van der Waals surface area contributed by atoms with Gasteiger partial charge in [0.25, 0.3) is 0 Å². The van der Waals surface area contributed by atoms with E-state index in [1.165, 1.54) is 61.3 Å². The van der Waals surface area contributed by atoms with Gasteiger partial charge < -0.3 is 9.32 Å². The minimum atomic E-state index is -0.106. The zero-order valence-electron chi connectivity index (χ0n) is 27.3. The lowest BCUT2D eigenvalue weighted by Crippen LogP contribution is -2.18. The Kier molecular flexibility index (Phi) is 5.47. The van der Waals surface area contributed by atoms with E-state index in [9.17, 15) is 0 Å². The molecule has 0 unspecified atom stereocenters. The fourth-order valence-corrected chi connectivity index (χ4v) is 8.51. The van der Waals surface area contributed by atoms with Gasteiger partial charge in [0.15, 0.2) is 0 Å². The molecule has 0 aliphatic heterocycles. The van der Waals surface area contributed by atoms with Crippen LogP contribution in [0.25, 0.3) is 44.2 Å². The molecule has 0 spiro atoms. The second-order valence-corrected chi connectivity index (χ2v) is 14.3. The molecule has 0 amide bonds. The molecule has 2 aliphatic rings. The minimum absolute atomic E-state index is 0.101. The molecular weight excluding hydrogens is 558 g/mol. The first-order valence-corrected chi connectivity index (χ1v) is 16.4. The molecule has 1 aromatic heterocycles. The summed E-state index contributed by atoms with van der Waals surface area (Å²) < 4.78 is 6.47. The molecule has 0 atom stereocenters. The molecule has 2 aliphatic carbocycles. The summed E-state index contributed by atoms with van der Waals surface area (Å²) >= 11 is 0. The van der Waals surface area contributed by atoms with Crippen LogP contribution in [0.1, 0.15) is 61.1 Å². The lowest BCUT2D eigenvalue weighted by atomic mass is 9.81. The molecule has 7 aromatic rings. The number of nitrogens with zero attached hydrogens (tertiary/aromatic N) is 1. The third-order valence-electron chi connectivity index (χ3n) is 10.8. The maximum absolute atomic E-state index is 6.47. The van der Waals surface area contributed by atoms with Crippen molar-refractivity contribution in [3.63, 3.8) is 0 Å². The zero-order valence-corrected chi connectivity index (χ0v) is 27.3. The summed E-state index contributed by atoms with van der Waals surface area (Å²) in [4.78, 5) is 2.48. The van der Waals surface area contributed by atoms with E-state index in [0.29, 0.717) is 0 Å². The smallest absolute Gasteiger partial charge is 0.137 e. The highest BCUT2D eigenvalue weighted by Gasteiger charge is 2.38. The molecule has 46 heavy (non-hydrogen) atoms. The van der Waals surface area contributed by atoms with E-state index in [4.69, 9.17) is 4.42 Å². The largest absolute Gasteiger partial charge is 0.456 e. The Bertz CT molecular complexity index is 2400. The van der Waals surface area contributed by atoms with Crippen molar-refractivity contribution in [2.75, 3.05) is 4.90 Å². The van der Waals surface area contributed by atoms with Crippen molar-refractivity contribution < 1.29 is 4.42 Å². The van der Waals surface area contributed by atoms with E-state index in [2.05, 4.69) is 162 Å². The van der Waals surface area contributed by atoms with Crippen LogP contribution in [-0.2, 0) is 10.8 Å². The number of fused-ring (bicyclic) bond motifs is 9. The molecule has 0 saturated carbocycles. The zero-order chi connectivity index (χ0) is 31.5. The van der Waals surface area contributed by atoms with Gasteiger partial charge in [-0.15, -0.1) is 0 Å². The van der Waals surface area contributed by atoms with Crippen LogP contribution >= 0.6 is 0 Å². The lowest BCUT2D eigenvalue weighted by molar-refractivity contribution is 0.659. The minimum Gasteiger partial charge on any atom is -0.456 e. The Hall–Kier alpha value is -5.08. The molecule has 0 N–H and O–H groups in total. The SMILES string of the molecule is Cc1ccc2oc3cccc(N(c4ccc5c(c4)C(C)(C)c4ccccc4-5)c4cc(C)c5c(c4)C(C)(C)c4ccccc4-5)c3c2c1. The monoisotopic (exact) mass is 595 g/mol. The van der Waals surface area contributed by atoms with Crippen LogP contribution in [0, 0.1) is 13.8 Å². The van der Waals surface area contributed by atoms with E-state index in [-0.39, 0.29) is 10.8 Å². The van der Waals surface area contributed by atoms with Gasteiger partial charge in [-0.3, -0.25) is 0 Å². The highest BCUT2D eigenvalue weighted by Crippen LogP contribution is 2.54. The number of hydrogen-bond acceptors (Lipinski definition) is 2. The Labute approximate surface area is 270 Å². The summed E-state index contributed by atoms with van der Waals surface area (Å²) in [5, 5.41) is 2.29. The highest BCUT2D eigenvalue weighted by molar-refractivity contribution is 6.13. The van der Waals surface area contributed by atoms with Crippen molar-refractivity contribution in [3.8, 4) is 22.3 Å². The number of benzene rings is 6. The molecule has 6 aromatic carbocycles. The van der Waals surface area contributed by atoms with Crippen LogP contribution in [0.3, 0.4) is 0 Å². The van der Waals surface area contributed by atoms with E-state index < -0.39 is 0 Å². The Morgan fingerprint density at radius 1 is 0.522 bits per heavy atom. The third-order valence-corrected chi connectivity index (χ3v) is 10.8. The molecule has 9 rings (SSSR count). The molecule has 0 saturated heterocycles. The highest BCUT2D eigenvalue weighted by atomic mass is 16.3. The molecule has 0 bridgehead atoms. The molecule has 2 nitrogen and oxygen atoms in total. The van der Waals surface area contributed by atoms with Gasteiger partial charge in [-0.2, -0.15) is 0 Å². The van der Waals surface area contributed by atoms with E-state index in [1.54, 1.807) is 0 Å². The summed E-state index contributed by atoms with van der Waals surface area (Å²) in [6.45, 7) is 13.9. The van der Waals surface area contributed by atoms with Crippen molar-refractivity contribution >= 4 is 39.0 Å². The Balaban J connectivity index is 1.34. The van der Waals surface area contributed by atoms with Crippen LogP contribution in [0.4, 0.5) is 17.1 Å². The first-order chi connectivity index (χ1) is 22.1. The van der Waals surface area contributed by atoms with E-state index >= 15 is 0 Å². The average molecular weight is 596 g/mol. The van der Waals surface area contributed by atoms with Gasteiger partial charge in [-0.25, -0.2) is 0 Å². The topological polar surface area (TPSA) is 16.4 Å². The lowest BCUT2D eigenvalue weighted by Gasteiger charge is -2.30. The van der Waals surface area contributed by atoms with Gasteiger partial charge in [0.05, 0.1) is 11.1 Å². The normalized spacial score (nSPS) is 15.1.